The summed E-state index contributed by atoms with van der Waals surface area (Å²) in [6.07, 6.45) is 1.25. The lowest BCUT2D eigenvalue weighted by Gasteiger charge is -2.16. The molecule has 1 N–H and O–H groups in total. The molecule has 0 spiro atoms. The van der Waals surface area contributed by atoms with Crippen LogP contribution in [0.1, 0.15) is 13.8 Å². The first-order chi connectivity index (χ1) is 5.20. The molecule has 0 heterocycles. The van der Waals surface area contributed by atoms with Crippen LogP contribution in [0.15, 0.2) is 12.8 Å². The molecule has 3 heteroatoms. The molecular weight excluding hydrogens is 144 g/mol. The topological polar surface area (TPSA) is 38.7 Å². The number of hydrogen-bond acceptors (Lipinski definition) is 3. The van der Waals surface area contributed by atoms with Crippen LogP contribution in [0.25, 0.3) is 0 Å². The maximum atomic E-state index is 8.62. The Morgan fingerprint density at radius 2 is 2.09 bits per heavy atom. The molecule has 0 aromatic heterocycles. The third-order valence-electron chi connectivity index (χ3n) is 1.17. The van der Waals surface area contributed by atoms with E-state index in [0.717, 1.165) is 0 Å². The zero-order valence-corrected chi connectivity index (χ0v) is 7.12. The van der Waals surface area contributed by atoms with Crippen LogP contribution in [0.5, 0.6) is 0 Å². The van der Waals surface area contributed by atoms with Crippen molar-refractivity contribution in [2.45, 2.75) is 26.1 Å². The van der Waals surface area contributed by atoms with Gasteiger partial charge in [0.2, 0.25) is 0 Å². The Morgan fingerprint density at radius 1 is 1.45 bits per heavy atom. The number of rotatable bonds is 6. The molecule has 3 nitrogen and oxygen atoms in total. The van der Waals surface area contributed by atoms with E-state index >= 15 is 0 Å². The van der Waals surface area contributed by atoms with Crippen molar-refractivity contribution in [1.29, 1.82) is 0 Å². The highest BCUT2D eigenvalue weighted by Gasteiger charge is 2.06. The van der Waals surface area contributed by atoms with Gasteiger partial charge in [0.1, 0.15) is 6.61 Å². The second kappa shape index (κ2) is 6.19. The van der Waals surface area contributed by atoms with Gasteiger partial charge in [-0.25, -0.2) is 0 Å². The summed E-state index contributed by atoms with van der Waals surface area (Å²) in [6, 6.07) is 0. The summed E-state index contributed by atoms with van der Waals surface area (Å²) in [7, 11) is 0. The fourth-order valence-electron chi connectivity index (χ4n) is 0.682. The van der Waals surface area contributed by atoms with Crippen LogP contribution < -0.4 is 0 Å². The number of hydrogen-bond donors (Lipinski definition) is 1. The summed E-state index contributed by atoms with van der Waals surface area (Å²) in [5.41, 5.74) is 0. The van der Waals surface area contributed by atoms with E-state index < -0.39 is 0 Å². The molecule has 66 valence electrons. The minimum atomic E-state index is -0.126. The van der Waals surface area contributed by atoms with Crippen molar-refractivity contribution in [3.63, 3.8) is 0 Å². The minimum Gasteiger partial charge on any atom is -0.499 e. The smallest absolute Gasteiger partial charge is 0.113 e. The molecule has 0 fully saturated rings. The number of aliphatic hydroxyl groups is 1. The molecule has 11 heavy (non-hydrogen) atoms. The van der Waals surface area contributed by atoms with Gasteiger partial charge in [-0.15, -0.1) is 0 Å². The second-order valence-electron chi connectivity index (χ2n) is 2.44. The zero-order chi connectivity index (χ0) is 8.69. The summed E-state index contributed by atoms with van der Waals surface area (Å²) in [5.74, 6) is 0. The van der Waals surface area contributed by atoms with Crippen LogP contribution >= 0.6 is 0 Å². The molecule has 0 saturated heterocycles. The van der Waals surface area contributed by atoms with E-state index in [0.29, 0.717) is 6.61 Å². The lowest BCUT2D eigenvalue weighted by molar-refractivity contribution is -0.0446. The SMILES string of the molecule is C=COCC(C)OC(C)CO. The van der Waals surface area contributed by atoms with Crippen LogP contribution in [-0.2, 0) is 9.47 Å². The Labute approximate surface area is 67.6 Å². The van der Waals surface area contributed by atoms with E-state index in [4.69, 9.17) is 14.6 Å². The highest BCUT2D eigenvalue weighted by Crippen LogP contribution is 1.97. The van der Waals surface area contributed by atoms with Gasteiger partial charge in [0, 0.05) is 0 Å². The summed E-state index contributed by atoms with van der Waals surface area (Å²) in [4.78, 5) is 0. The van der Waals surface area contributed by atoms with Crippen LogP contribution in [-0.4, -0.2) is 30.5 Å². The van der Waals surface area contributed by atoms with Crippen LogP contribution in [0.3, 0.4) is 0 Å². The highest BCUT2D eigenvalue weighted by molar-refractivity contribution is 4.56. The van der Waals surface area contributed by atoms with Gasteiger partial charge in [0.15, 0.2) is 0 Å². The first-order valence-electron chi connectivity index (χ1n) is 3.69. The Hall–Kier alpha value is -0.540. The largest absolute Gasteiger partial charge is 0.499 e. The molecule has 0 radical (unpaired) electrons. The van der Waals surface area contributed by atoms with E-state index in [1.54, 1.807) is 0 Å². The first kappa shape index (κ1) is 10.5. The Bertz CT molecular complexity index is 104. The summed E-state index contributed by atoms with van der Waals surface area (Å²) in [6.45, 7) is 7.62. The molecule has 0 amide bonds. The maximum Gasteiger partial charge on any atom is 0.113 e. The van der Waals surface area contributed by atoms with Crippen molar-refractivity contribution < 1.29 is 14.6 Å². The van der Waals surface area contributed by atoms with Crippen LogP contribution in [0.2, 0.25) is 0 Å². The van der Waals surface area contributed by atoms with Gasteiger partial charge < -0.3 is 14.6 Å². The van der Waals surface area contributed by atoms with E-state index in [2.05, 4.69) is 6.58 Å². The average Bonchev–Trinajstić information content (AvgIpc) is 2.00. The molecule has 0 aliphatic carbocycles. The number of ether oxygens (including phenoxy) is 2. The zero-order valence-electron chi connectivity index (χ0n) is 7.12. The Morgan fingerprint density at radius 3 is 2.55 bits per heavy atom. The van der Waals surface area contributed by atoms with Crippen LogP contribution in [0, 0.1) is 0 Å². The molecule has 2 unspecified atom stereocenters. The Balaban J connectivity index is 3.34. The standard InChI is InChI=1S/C8H16O3/c1-4-10-6-8(3)11-7(2)5-9/h4,7-9H,1,5-6H2,2-3H3. The molecule has 0 aromatic rings. The lowest BCUT2D eigenvalue weighted by atomic mass is 10.4. The number of aliphatic hydroxyl groups excluding tert-OH is 1. The predicted octanol–water partition coefficient (Wildman–Crippen LogP) is 0.932. The van der Waals surface area contributed by atoms with Gasteiger partial charge in [-0.2, -0.15) is 0 Å². The van der Waals surface area contributed by atoms with Gasteiger partial charge >= 0.3 is 0 Å². The van der Waals surface area contributed by atoms with Crippen molar-refractivity contribution >= 4 is 0 Å². The maximum absolute atomic E-state index is 8.62. The third kappa shape index (κ3) is 5.88. The molecule has 0 aliphatic heterocycles. The molecular formula is C8H16O3. The van der Waals surface area contributed by atoms with Crippen molar-refractivity contribution in [2.24, 2.45) is 0 Å². The van der Waals surface area contributed by atoms with Crippen LogP contribution in [0.4, 0.5) is 0 Å². The van der Waals surface area contributed by atoms with Crippen molar-refractivity contribution in [2.75, 3.05) is 13.2 Å². The van der Waals surface area contributed by atoms with Gasteiger partial charge in [-0.3, -0.25) is 0 Å². The average molecular weight is 160 g/mol. The van der Waals surface area contributed by atoms with Gasteiger partial charge in [0.25, 0.3) is 0 Å². The van der Waals surface area contributed by atoms with E-state index in [1.807, 2.05) is 13.8 Å². The van der Waals surface area contributed by atoms with E-state index in [-0.39, 0.29) is 18.8 Å². The molecule has 0 aliphatic rings. The summed E-state index contributed by atoms with van der Waals surface area (Å²) >= 11 is 0. The summed E-state index contributed by atoms with van der Waals surface area (Å²) < 4.78 is 10.2. The van der Waals surface area contributed by atoms with Crippen molar-refractivity contribution in [3.8, 4) is 0 Å². The third-order valence-corrected chi connectivity index (χ3v) is 1.17. The molecule has 0 saturated carbocycles. The lowest BCUT2D eigenvalue weighted by Crippen LogP contribution is -2.23. The van der Waals surface area contributed by atoms with Crippen molar-refractivity contribution in [1.82, 2.24) is 0 Å². The van der Waals surface area contributed by atoms with E-state index in [9.17, 15) is 0 Å². The van der Waals surface area contributed by atoms with Gasteiger partial charge in [-0.1, -0.05) is 6.58 Å². The van der Waals surface area contributed by atoms with Crippen molar-refractivity contribution in [3.05, 3.63) is 12.8 Å². The monoisotopic (exact) mass is 160 g/mol. The van der Waals surface area contributed by atoms with E-state index in [1.165, 1.54) is 6.26 Å². The van der Waals surface area contributed by atoms with Gasteiger partial charge in [-0.05, 0) is 13.8 Å². The fraction of sp³-hybridized carbons (Fsp3) is 0.750. The quantitative estimate of drug-likeness (QED) is 0.587. The first-order valence-corrected chi connectivity index (χ1v) is 3.69. The normalized spacial score (nSPS) is 15.5. The highest BCUT2D eigenvalue weighted by atomic mass is 16.5. The Kier molecular flexibility index (Phi) is 5.88. The molecule has 0 aromatic carbocycles. The molecule has 0 rings (SSSR count). The minimum absolute atomic E-state index is 0.00449. The molecule has 0 bridgehead atoms. The van der Waals surface area contributed by atoms with Gasteiger partial charge in [0.05, 0.1) is 25.1 Å². The molecule has 2 atom stereocenters. The fourth-order valence-corrected chi connectivity index (χ4v) is 0.682. The predicted molar refractivity (Wildman–Crippen MR) is 43.2 cm³/mol. The second-order valence-corrected chi connectivity index (χ2v) is 2.44. The summed E-state index contributed by atoms with van der Waals surface area (Å²) in [5, 5.41) is 8.62.